The van der Waals surface area contributed by atoms with Crippen LogP contribution in [-0.2, 0) is 16.1 Å². The molecule has 0 spiro atoms. The van der Waals surface area contributed by atoms with E-state index < -0.39 is 11.3 Å². The van der Waals surface area contributed by atoms with Gasteiger partial charge >= 0.3 is 0 Å². The van der Waals surface area contributed by atoms with E-state index in [0.29, 0.717) is 11.3 Å². The second kappa shape index (κ2) is 8.14. The first-order valence-corrected chi connectivity index (χ1v) is 9.83. The zero-order chi connectivity index (χ0) is 20.4. The van der Waals surface area contributed by atoms with Crippen molar-refractivity contribution < 1.29 is 29.0 Å². The number of nitrogens with zero attached hydrogens (tertiary/aromatic N) is 2. The van der Waals surface area contributed by atoms with E-state index in [1.165, 1.54) is 28.0 Å². The van der Waals surface area contributed by atoms with Crippen LogP contribution < -0.4 is 4.74 Å². The lowest BCUT2D eigenvalue weighted by Gasteiger charge is -2.28. The van der Waals surface area contributed by atoms with E-state index in [9.17, 15) is 19.5 Å². The van der Waals surface area contributed by atoms with E-state index in [1.54, 1.807) is 0 Å². The molecule has 1 fully saturated rings. The summed E-state index contributed by atoms with van der Waals surface area (Å²) >= 11 is 0.831. The Morgan fingerprint density at radius 2 is 1.93 bits per heavy atom. The van der Waals surface area contributed by atoms with Gasteiger partial charge in [-0.2, -0.15) is 0 Å². The third-order valence-corrected chi connectivity index (χ3v) is 5.54. The van der Waals surface area contributed by atoms with Crippen LogP contribution >= 0.6 is 11.8 Å². The number of amides is 3. The molecule has 2 aliphatic heterocycles. The van der Waals surface area contributed by atoms with E-state index in [-0.39, 0.29) is 43.3 Å². The van der Waals surface area contributed by atoms with E-state index >= 15 is 0 Å². The van der Waals surface area contributed by atoms with Crippen LogP contribution in [0.4, 0.5) is 4.79 Å². The lowest BCUT2D eigenvalue weighted by Crippen LogP contribution is -2.41. The number of carbonyl (C=O) groups excluding carboxylic acids is 3. The third kappa shape index (κ3) is 4.06. The highest BCUT2D eigenvalue weighted by Gasteiger charge is 2.40. The molecule has 1 N–H and O–H groups in total. The highest BCUT2D eigenvalue weighted by atomic mass is 32.2. The predicted octanol–water partition coefficient (Wildman–Crippen LogP) is 2.42. The van der Waals surface area contributed by atoms with Crippen LogP contribution in [-0.4, -0.2) is 57.3 Å². The molecule has 1 saturated heterocycles. The molecular weight excluding hydrogens is 396 g/mol. The van der Waals surface area contributed by atoms with Crippen LogP contribution in [0, 0.1) is 0 Å². The highest BCUT2D eigenvalue weighted by molar-refractivity contribution is 8.15. The highest BCUT2D eigenvalue weighted by Crippen LogP contribution is 2.30. The van der Waals surface area contributed by atoms with Gasteiger partial charge < -0.3 is 19.5 Å². The number of phenolic OH excluding ortho intramolecular Hbond substituents is 1. The average Bonchev–Trinajstić information content (AvgIpc) is 2.98. The van der Waals surface area contributed by atoms with Crippen LogP contribution in [0.15, 0.2) is 48.5 Å². The summed E-state index contributed by atoms with van der Waals surface area (Å²) < 4.78 is 11.1. The molecule has 2 aliphatic rings. The maximum Gasteiger partial charge on any atom is 0.291 e. The van der Waals surface area contributed by atoms with Gasteiger partial charge in [0.2, 0.25) is 0 Å². The Bertz CT molecular complexity index is 951. The number of imide groups is 1. The zero-order valence-corrected chi connectivity index (χ0v) is 16.1. The third-order valence-electron chi connectivity index (χ3n) is 4.57. The van der Waals surface area contributed by atoms with Crippen molar-refractivity contribution in [2.75, 3.05) is 19.9 Å². The maximum absolute atomic E-state index is 12.5. The van der Waals surface area contributed by atoms with Crippen LogP contribution in [0.2, 0.25) is 0 Å². The number of rotatable bonds is 6. The van der Waals surface area contributed by atoms with Gasteiger partial charge in [-0.05, 0) is 29.5 Å². The summed E-state index contributed by atoms with van der Waals surface area (Å²) in [6.07, 6.45) is 0. The Hall–Kier alpha value is -3.04. The fourth-order valence-corrected chi connectivity index (χ4v) is 3.91. The summed E-state index contributed by atoms with van der Waals surface area (Å²) in [5, 5.41) is 9.12. The maximum atomic E-state index is 12.5. The number of carbonyl (C=O) groups is 3. The zero-order valence-electron chi connectivity index (χ0n) is 15.3. The summed E-state index contributed by atoms with van der Waals surface area (Å²) in [6.45, 7) is 0.506. The van der Waals surface area contributed by atoms with E-state index in [0.717, 1.165) is 17.3 Å². The molecule has 0 aliphatic carbocycles. The van der Waals surface area contributed by atoms with Crippen LogP contribution in [0.3, 0.4) is 0 Å². The molecule has 150 valence electrons. The number of phenols is 1. The minimum absolute atomic E-state index is 0.0173. The van der Waals surface area contributed by atoms with Crippen molar-refractivity contribution in [3.05, 3.63) is 59.7 Å². The fourth-order valence-electron chi connectivity index (χ4n) is 3.06. The van der Waals surface area contributed by atoms with Crippen molar-refractivity contribution >= 4 is 28.8 Å². The van der Waals surface area contributed by atoms with Gasteiger partial charge in [-0.25, -0.2) is 0 Å². The summed E-state index contributed by atoms with van der Waals surface area (Å²) in [5.74, 6) is -0.293. The van der Waals surface area contributed by atoms with Crippen molar-refractivity contribution in [1.29, 1.82) is 0 Å². The largest absolute Gasteiger partial charge is 0.508 e. The molecule has 9 heteroatoms. The van der Waals surface area contributed by atoms with Gasteiger partial charge in [0, 0.05) is 12.6 Å². The van der Waals surface area contributed by atoms with Crippen molar-refractivity contribution in [1.82, 2.24) is 9.80 Å². The average molecular weight is 414 g/mol. The normalized spacial score (nSPS) is 18.8. The first-order chi connectivity index (χ1) is 14.0. The summed E-state index contributed by atoms with van der Waals surface area (Å²) in [6, 6.07) is 13.6. The van der Waals surface area contributed by atoms with E-state index in [4.69, 9.17) is 9.47 Å². The van der Waals surface area contributed by atoms with Crippen molar-refractivity contribution in [3.63, 3.8) is 0 Å². The number of ether oxygens (including phenoxy) is 2. The number of hydrogen-bond acceptors (Lipinski definition) is 7. The molecule has 2 heterocycles. The molecule has 1 atom stereocenters. The second-order valence-electron chi connectivity index (χ2n) is 6.52. The molecule has 0 aromatic heterocycles. The standard InChI is InChI=1S/C20H18N2O6S/c23-14-6-7-15-16(10-14)28-12-21(17(15)24)8-9-27-19-18(25)22(20(26)29-19)11-13-4-2-1-3-5-13/h1-7,10,19,23H,8-9,11-12H2. The topological polar surface area (TPSA) is 96.4 Å². The molecule has 0 bridgehead atoms. The Kier molecular flexibility index (Phi) is 5.41. The van der Waals surface area contributed by atoms with Crippen molar-refractivity contribution in [2.24, 2.45) is 0 Å². The molecule has 2 aromatic rings. The molecule has 0 saturated carbocycles. The lowest BCUT2D eigenvalue weighted by molar-refractivity contribution is -0.134. The van der Waals surface area contributed by atoms with Gasteiger partial charge in [0.25, 0.3) is 17.1 Å². The molecule has 1 unspecified atom stereocenters. The summed E-state index contributed by atoms with van der Waals surface area (Å²) in [4.78, 5) is 39.8. The summed E-state index contributed by atoms with van der Waals surface area (Å²) in [5.41, 5.74) is 0.289. The van der Waals surface area contributed by atoms with Crippen LogP contribution in [0.25, 0.3) is 0 Å². The minimum Gasteiger partial charge on any atom is -0.508 e. The number of fused-ring (bicyclic) bond motifs is 1. The SMILES string of the molecule is O=C1c2ccc(O)cc2OCN1CCOC1SC(=O)N(Cc2ccccc2)C1=O. The fraction of sp³-hybridized carbons (Fsp3) is 0.250. The van der Waals surface area contributed by atoms with Gasteiger partial charge in [0.15, 0.2) is 12.2 Å². The number of thioether (sulfide) groups is 1. The molecule has 3 amide bonds. The molecule has 8 nitrogen and oxygen atoms in total. The first kappa shape index (κ1) is 19.3. The molecule has 29 heavy (non-hydrogen) atoms. The van der Waals surface area contributed by atoms with Crippen LogP contribution in [0.5, 0.6) is 11.5 Å². The number of benzene rings is 2. The second-order valence-corrected chi connectivity index (χ2v) is 7.53. The lowest BCUT2D eigenvalue weighted by atomic mass is 10.1. The molecular formula is C20H18N2O6S. The van der Waals surface area contributed by atoms with Gasteiger partial charge in [-0.1, -0.05) is 30.3 Å². The van der Waals surface area contributed by atoms with E-state index in [2.05, 4.69) is 0 Å². The Labute approximate surface area is 171 Å². The smallest absolute Gasteiger partial charge is 0.291 e. The van der Waals surface area contributed by atoms with Gasteiger partial charge in [-0.3, -0.25) is 19.3 Å². The molecule has 4 rings (SSSR count). The van der Waals surface area contributed by atoms with Crippen molar-refractivity contribution in [3.8, 4) is 11.5 Å². The Morgan fingerprint density at radius 1 is 1.14 bits per heavy atom. The van der Waals surface area contributed by atoms with Gasteiger partial charge in [0.05, 0.1) is 18.7 Å². The quantitative estimate of drug-likeness (QED) is 0.775. The minimum atomic E-state index is -0.920. The number of aromatic hydroxyl groups is 1. The Balaban J connectivity index is 1.31. The first-order valence-electron chi connectivity index (χ1n) is 8.95. The van der Waals surface area contributed by atoms with E-state index in [1.807, 2.05) is 30.3 Å². The molecule has 0 radical (unpaired) electrons. The van der Waals surface area contributed by atoms with Crippen molar-refractivity contribution in [2.45, 2.75) is 12.0 Å². The monoisotopic (exact) mass is 414 g/mol. The Morgan fingerprint density at radius 3 is 2.72 bits per heavy atom. The summed E-state index contributed by atoms with van der Waals surface area (Å²) in [7, 11) is 0. The van der Waals surface area contributed by atoms with Crippen LogP contribution in [0.1, 0.15) is 15.9 Å². The number of hydrogen-bond donors (Lipinski definition) is 1. The van der Waals surface area contributed by atoms with Gasteiger partial charge in [-0.15, -0.1) is 0 Å². The van der Waals surface area contributed by atoms with Gasteiger partial charge in [0.1, 0.15) is 11.5 Å². The predicted molar refractivity (Wildman–Crippen MR) is 104 cm³/mol. The molecule has 2 aromatic carbocycles.